The molecular formula is C32H29ClF2N8O. The fourth-order valence-corrected chi connectivity index (χ4v) is 5.70. The van der Waals surface area contributed by atoms with Crippen molar-refractivity contribution in [3.05, 3.63) is 106 Å². The van der Waals surface area contributed by atoms with E-state index in [0.29, 0.717) is 51.7 Å². The van der Waals surface area contributed by atoms with E-state index < -0.39 is 11.6 Å². The molecule has 44 heavy (non-hydrogen) atoms. The van der Waals surface area contributed by atoms with E-state index in [1.54, 1.807) is 48.7 Å². The maximum absolute atomic E-state index is 14.8. The second-order valence-electron chi connectivity index (χ2n) is 10.9. The average Bonchev–Trinajstić information content (AvgIpc) is 3.13. The number of hydrogen-bond acceptors (Lipinski definition) is 7. The summed E-state index contributed by atoms with van der Waals surface area (Å²) in [6.45, 7) is 5.47. The number of carbonyl (C=O) groups excluding carboxylic acids is 1. The van der Waals surface area contributed by atoms with Crippen LogP contribution in [-0.2, 0) is 6.54 Å². The number of nitrogens with one attached hydrogen (secondary N) is 4. The second kappa shape index (κ2) is 12.1. The van der Waals surface area contributed by atoms with E-state index in [1.165, 1.54) is 18.2 Å². The quantitative estimate of drug-likeness (QED) is 0.178. The van der Waals surface area contributed by atoms with Gasteiger partial charge in [-0.2, -0.15) is 0 Å². The molecule has 224 valence electrons. The van der Waals surface area contributed by atoms with Crippen LogP contribution in [0.25, 0.3) is 11.3 Å². The molecule has 2 atom stereocenters. The molecule has 3 aromatic carbocycles. The number of hydrogen-bond donors (Lipinski definition) is 4. The molecule has 0 aliphatic carbocycles. The number of nitrogens with zero attached hydrogens (tertiary/aromatic N) is 4. The molecule has 4 N–H and O–H groups in total. The first-order chi connectivity index (χ1) is 21.2. The first-order valence-corrected chi connectivity index (χ1v) is 14.5. The highest BCUT2D eigenvalue weighted by Crippen LogP contribution is 2.34. The molecule has 0 bridgehead atoms. The van der Waals surface area contributed by atoms with Crippen LogP contribution in [0.4, 0.5) is 20.4 Å². The fourth-order valence-electron chi connectivity index (χ4n) is 5.52. The molecule has 0 spiro atoms. The number of aliphatic imine (C=N–C) groups is 1. The number of piperazine rings is 1. The molecule has 2 aliphatic heterocycles. The molecular weight excluding hydrogens is 586 g/mol. The zero-order chi connectivity index (χ0) is 31.0. The van der Waals surface area contributed by atoms with Crippen LogP contribution in [0.5, 0.6) is 0 Å². The Morgan fingerprint density at radius 3 is 2.43 bits per heavy atom. The topological polar surface area (TPSA) is 118 Å². The minimum Gasteiger partial charge on any atom is -0.340 e. The van der Waals surface area contributed by atoms with Crippen molar-refractivity contribution in [2.45, 2.75) is 32.5 Å². The maximum Gasteiger partial charge on any atom is 0.257 e. The molecule has 0 saturated carbocycles. The lowest BCUT2D eigenvalue weighted by molar-refractivity contribution is 0.0969. The highest BCUT2D eigenvalue weighted by Gasteiger charge is 2.26. The zero-order valence-electron chi connectivity index (χ0n) is 24.0. The molecule has 1 amide bonds. The van der Waals surface area contributed by atoms with Crippen molar-refractivity contribution in [2.24, 2.45) is 4.99 Å². The summed E-state index contributed by atoms with van der Waals surface area (Å²) < 4.78 is 29.6. The first kappa shape index (κ1) is 29.3. The molecule has 12 heteroatoms. The van der Waals surface area contributed by atoms with E-state index in [2.05, 4.69) is 25.9 Å². The number of amides is 1. The first-order valence-electron chi connectivity index (χ1n) is 14.1. The third-order valence-corrected chi connectivity index (χ3v) is 7.71. The van der Waals surface area contributed by atoms with Crippen LogP contribution in [0.3, 0.4) is 0 Å². The number of benzene rings is 3. The van der Waals surface area contributed by atoms with Crippen molar-refractivity contribution in [3.8, 4) is 11.3 Å². The summed E-state index contributed by atoms with van der Waals surface area (Å²) in [6.07, 6.45) is 1.62. The average molecular weight is 615 g/mol. The Labute approximate surface area is 257 Å². The number of guanidine groups is 1. The van der Waals surface area contributed by atoms with E-state index in [-0.39, 0.29) is 47.7 Å². The van der Waals surface area contributed by atoms with Crippen molar-refractivity contribution in [2.75, 3.05) is 18.4 Å². The minimum atomic E-state index is -0.726. The maximum atomic E-state index is 14.8. The van der Waals surface area contributed by atoms with Crippen LogP contribution in [0.1, 0.15) is 40.9 Å². The van der Waals surface area contributed by atoms with Gasteiger partial charge in [0.2, 0.25) is 5.95 Å². The van der Waals surface area contributed by atoms with E-state index in [1.807, 2.05) is 18.7 Å². The molecule has 1 aromatic heterocycles. The van der Waals surface area contributed by atoms with Gasteiger partial charge < -0.3 is 15.5 Å². The van der Waals surface area contributed by atoms with Gasteiger partial charge >= 0.3 is 0 Å². The third kappa shape index (κ3) is 6.01. The summed E-state index contributed by atoms with van der Waals surface area (Å²) in [5.41, 5.74) is 3.24. The summed E-state index contributed by atoms with van der Waals surface area (Å²) in [7, 11) is 0. The summed E-state index contributed by atoms with van der Waals surface area (Å²) in [4.78, 5) is 28.4. The van der Waals surface area contributed by atoms with Crippen LogP contribution in [0, 0.1) is 17.0 Å². The number of anilines is 2. The number of carbonyl (C=O) groups is 1. The smallest absolute Gasteiger partial charge is 0.257 e. The predicted molar refractivity (Wildman–Crippen MR) is 167 cm³/mol. The van der Waals surface area contributed by atoms with Gasteiger partial charge in [0.1, 0.15) is 11.6 Å². The number of rotatable bonds is 4. The Balaban J connectivity index is 1.22. The molecule has 9 nitrogen and oxygen atoms in total. The van der Waals surface area contributed by atoms with Crippen LogP contribution >= 0.6 is 11.6 Å². The predicted octanol–water partition coefficient (Wildman–Crippen LogP) is 5.52. The number of aromatic nitrogens is 2. The van der Waals surface area contributed by atoms with Gasteiger partial charge in [0, 0.05) is 64.3 Å². The summed E-state index contributed by atoms with van der Waals surface area (Å²) in [5.74, 6) is -1.47. The van der Waals surface area contributed by atoms with Crippen molar-refractivity contribution < 1.29 is 13.6 Å². The fraction of sp³-hybridized carbons (Fsp3) is 0.219. The van der Waals surface area contributed by atoms with Crippen LogP contribution < -0.4 is 16.0 Å². The highest BCUT2D eigenvalue weighted by atomic mass is 35.5. The Morgan fingerprint density at radius 2 is 1.73 bits per heavy atom. The Hall–Kier alpha value is -4.74. The highest BCUT2D eigenvalue weighted by molar-refractivity contribution is 6.31. The minimum absolute atomic E-state index is 0.0715. The van der Waals surface area contributed by atoms with Gasteiger partial charge in [-0.15, -0.1) is 0 Å². The van der Waals surface area contributed by atoms with Crippen LogP contribution in [0.2, 0.25) is 5.02 Å². The van der Waals surface area contributed by atoms with Crippen molar-refractivity contribution in [1.29, 1.82) is 5.41 Å². The lowest BCUT2D eigenvalue weighted by atomic mass is 9.95. The van der Waals surface area contributed by atoms with Gasteiger partial charge in [0.05, 0.1) is 23.5 Å². The molecule has 2 aliphatic rings. The monoisotopic (exact) mass is 614 g/mol. The van der Waals surface area contributed by atoms with E-state index in [9.17, 15) is 13.6 Å². The number of fused-ring (bicyclic) bond motifs is 3. The largest absolute Gasteiger partial charge is 0.340 e. The van der Waals surface area contributed by atoms with Crippen molar-refractivity contribution in [3.63, 3.8) is 0 Å². The van der Waals surface area contributed by atoms with Crippen molar-refractivity contribution >= 4 is 40.8 Å². The lowest BCUT2D eigenvalue weighted by Gasteiger charge is -2.37. The lowest BCUT2D eigenvalue weighted by Crippen LogP contribution is -2.58. The van der Waals surface area contributed by atoms with E-state index in [0.717, 1.165) is 0 Å². The molecule has 1 fully saturated rings. The number of halogens is 3. The van der Waals surface area contributed by atoms with Gasteiger partial charge in [0.15, 0.2) is 5.96 Å². The van der Waals surface area contributed by atoms with Crippen molar-refractivity contribution in [1.82, 2.24) is 25.5 Å². The van der Waals surface area contributed by atoms with Gasteiger partial charge in [0.25, 0.3) is 5.91 Å². The third-order valence-electron chi connectivity index (χ3n) is 7.47. The van der Waals surface area contributed by atoms with E-state index in [4.69, 9.17) is 22.0 Å². The summed E-state index contributed by atoms with van der Waals surface area (Å²) in [6, 6.07) is 15.9. The summed E-state index contributed by atoms with van der Waals surface area (Å²) >= 11 is 6.31. The van der Waals surface area contributed by atoms with Crippen LogP contribution in [0.15, 0.2) is 71.9 Å². The standard InChI is InChI=1S/C32H29ClF2N8O/c1-17-15-43(16-18(2)39-17)31(36)42-30(44)19-6-9-22(10-7-19)40-32-38-14-20-13-37-29(27-25(34)4-3-5-26(27)35)24-12-21(33)8-11-23(24)28(20)41-32/h3-12,14,17-18,39H,13,15-16H2,1-2H3,(H2,36,42,44)(H,38,40,41). The molecule has 4 aromatic rings. The second-order valence-corrected chi connectivity index (χ2v) is 11.3. The van der Waals surface area contributed by atoms with Crippen LogP contribution in [-0.4, -0.2) is 57.6 Å². The summed E-state index contributed by atoms with van der Waals surface area (Å²) in [5, 5.41) is 18.0. The Morgan fingerprint density at radius 1 is 1.02 bits per heavy atom. The van der Waals surface area contributed by atoms with Gasteiger partial charge in [-0.05, 0) is 62.4 Å². The Kier molecular flexibility index (Phi) is 8.07. The van der Waals surface area contributed by atoms with Gasteiger partial charge in [-0.25, -0.2) is 18.7 Å². The molecule has 3 heterocycles. The molecule has 6 rings (SSSR count). The molecule has 2 unspecified atom stereocenters. The molecule has 1 saturated heterocycles. The SMILES string of the molecule is CC1CN(C(=N)NC(=O)c2ccc(Nc3ncc4c(n3)-c3ccc(Cl)cc3C(c3c(F)cccc3F)=NC4)cc2)CC(C)N1. The molecule has 0 radical (unpaired) electrons. The van der Waals surface area contributed by atoms with Gasteiger partial charge in [-0.1, -0.05) is 23.7 Å². The van der Waals surface area contributed by atoms with Gasteiger partial charge in [-0.3, -0.25) is 20.5 Å². The zero-order valence-corrected chi connectivity index (χ0v) is 24.7. The normalized spacial score (nSPS) is 17.6. The van der Waals surface area contributed by atoms with E-state index >= 15 is 0 Å². The Bertz CT molecular complexity index is 1770.